The number of nitrogens with two attached hydrogens (primary N) is 1. The Balaban J connectivity index is 2.03. The molecule has 0 radical (unpaired) electrons. The molecule has 0 bridgehead atoms. The van der Waals surface area contributed by atoms with Gasteiger partial charge in [-0.05, 0) is 40.5 Å². The van der Waals surface area contributed by atoms with Gasteiger partial charge < -0.3 is 16.0 Å². The summed E-state index contributed by atoms with van der Waals surface area (Å²) in [6.07, 6.45) is 0. The molecule has 1 amide bonds. The molecule has 0 atom stereocenters. The summed E-state index contributed by atoms with van der Waals surface area (Å²) < 4.78 is 1.71. The summed E-state index contributed by atoms with van der Waals surface area (Å²) in [5.74, 6) is 0.0216. The average molecular weight is 448 g/mol. The Morgan fingerprint density at radius 1 is 1.41 bits per heavy atom. The molecule has 1 aromatic carbocycles. The highest BCUT2D eigenvalue weighted by molar-refractivity contribution is 9.11. The Bertz CT molecular complexity index is 756. The number of anilines is 2. The number of aryl methyl sites for hydroxylation is 1. The highest BCUT2D eigenvalue weighted by Crippen LogP contribution is 2.30. The summed E-state index contributed by atoms with van der Waals surface area (Å²) in [6, 6.07) is 4.95. The van der Waals surface area contributed by atoms with Crippen LogP contribution in [0, 0.1) is 6.92 Å². The number of carbonyl (C=O) groups excluding carboxylic acids is 1. The number of amides is 1. The number of halogens is 2. The van der Waals surface area contributed by atoms with E-state index in [0.29, 0.717) is 10.8 Å². The SMILES string of the molecule is Cc1cc(Br)cc(Br)c1NC(=O)CSc1nc(N)cc(=O)[nH]1. The molecular weight excluding hydrogens is 436 g/mol. The first kappa shape index (κ1) is 17.0. The van der Waals surface area contributed by atoms with Crippen LogP contribution in [-0.2, 0) is 4.79 Å². The van der Waals surface area contributed by atoms with Gasteiger partial charge in [-0.25, -0.2) is 4.98 Å². The van der Waals surface area contributed by atoms with Crippen molar-refractivity contribution in [2.24, 2.45) is 0 Å². The van der Waals surface area contributed by atoms with Crippen molar-refractivity contribution in [3.05, 3.63) is 43.1 Å². The van der Waals surface area contributed by atoms with Crippen LogP contribution in [0.1, 0.15) is 5.56 Å². The van der Waals surface area contributed by atoms with E-state index in [1.807, 2.05) is 19.1 Å². The van der Waals surface area contributed by atoms with Crippen molar-refractivity contribution in [2.75, 3.05) is 16.8 Å². The lowest BCUT2D eigenvalue weighted by Crippen LogP contribution is -2.16. The van der Waals surface area contributed by atoms with Crippen molar-refractivity contribution in [3.8, 4) is 0 Å². The number of hydrogen-bond donors (Lipinski definition) is 3. The van der Waals surface area contributed by atoms with Crippen LogP contribution < -0.4 is 16.6 Å². The zero-order valence-electron chi connectivity index (χ0n) is 11.4. The molecule has 1 heterocycles. The van der Waals surface area contributed by atoms with E-state index in [9.17, 15) is 9.59 Å². The van der Waals surface area contributed by atoms with Crippen LogP contribution in [-0.4, -0.2) is 21.6 Å². The number of nitrogen functional groups attached to an aromatic ring is 1. The minimum atomic E-state index is -0.345. The second-order valence-corrected chi connectivity index (χ2v) is 7.13. The molecule has 0 aliphatic heterocycles. The first-order valence-electron chi connectivity index (χ1n) is 6.10. The Kier molecular flexibility index (Phi) is 5.65. The first-order chi connectivity index (χ1) is 10.3. The minimum Gasteiger partial charge on any atom is -0.383 e. The molecule has 0 aliphatic carbocycles. The summed E-state index contributed by atoms with van der Waals surface area (Å²) in [7, 11) is 0. The molecule has 9 heteroatoms. The Morgan fingerprint density at radius 3 is 2.77 bits per heavy atom. The number of nitrogens with zero attached hydrogens (tertiary/aromatic N) is 1. The Hall–Kier alpha value is -1.32. The first-order valence-corrected chi connectivity index (χ1v) is 8.67. The van der Waals surface area contributed by atoms with Crippen molar-refractivity contribution >= 4 is 61.0 Å². The number of aromatic amines is 1. The van der Waals surface area contributed by atoms with Gasteiger partial charge in [-0.1, -0.05) is 27.7 Å². The number of thioether (sulfide) groups is 1. The molecule has 0 fully saturated rings. The predicted octanol–water partition coefficient (Wildman–Crippen LogP) is 2.92. The second-order valence-electron chi connectivity index (χ2n) is 4.39. The van der Waals surface area contributed by atoms with E-state index in [1.54, 1.807) is 0 Å². The highest BCUT2D eigenvalue weighted by Gasteiger charge is 2.11. The zero-order chi connectivity index (χ0) is 16.3. The predicted molar refractivity (Wildman–Crippen MR) is 95.2 cm³/mol. The van der Waals surface area contributed by atoms with Gasteiger partial charge in [-0.15, -0.1) is 0 Å². The number of aromatic nitrogens is 2. The third-order valence-corrected chi connectivity index (χ3v) is 4.55. The van der Waals surface area contributed by atoms with Gasteiger partial charge in [0.05, 0.1) is 11.4 Å². The van der Waals surface area contributed by atoms with Crippen LogP contribution >= 0.6 is 43.6 Å². The third-order valence-electron chi connectivity index (χ3n) is 2.60. The summed E-state index contributed by atoms with van der Waals surface area (Å²) >= 11 is 7.91. The molecule has 2 rings (SSSR count). The molecule has 2 aromatic rings. The molecule has 0 aliphatic rings. The van der Waals surface area contributed by atoms with Crippen LogP contribution in [0.3, 0.4) is 0 Å². The van der Waals surface area contributed by atoms with Crippen LogP contribution in [0.15, 0.2) is 37.1 Å². The monoisotopic (exact) mass is 446 g/mol. The number of benzene rings is 1. The van der Waals surface area contributed by atoms with Gasteiger partial charge >= 0.3 is 0 Å². The fraction of sp³-hybridized carbons (Fsp3) is 0.154. The van der Waals surface area contributed by atoms with Gasteiger partial charge in [-0.3, -0.25) is 9.59 Å². The van der Waals surface area contributed by atoms with Gasteiger partial charge in [0.1, 0.15) is 5.82 Å². The maximum absolute atomic E-state index is 12.0. The number of H-pyrrole nitrogens is 1. The van der Waals surface area contributed by atoms with Gasteiger partial charge in [-0.2, -0.15) is 0 Å². The van der Waals surface area contributed by atoms with Crippen LogP contribution in [0.2, 0.25) is 0 Å². The van der Waals surface area contributed by atoms with E-state index in [1.165, 1.54) is 6.07 Å². The number of hydrogen-bond acceptors (Lipinski definition) is 5. The van der Waals surface area contributed by atoms with Crippen molar-refractivity contribution < 1.29 is 4.79 Å². The van der Waals surface area contributed by atoms with Gasteiger partial charge in [0.15, 0.2) is 5.16 Å². The fourth-order valence-corrected chi connectivity index (χ4v) is 3.91. The lowest BCUT2D eigenvalue weighted by molar-refractivity contribution is -0.113. The van der Waals surface area contributed by atoms with Crippen molar-refractivity contribution in [1.29, 1.82) is 0 Å². The molecule has 0 unspecified atom stereocenters. The third kappa shape index (κ3) is 4.59. The molecule has 0 saturated heterocycles. The van der Waals surface area contributed by atoms with Crippen molar-refractivity contribution in [2.45, 2.75) is 12.1 Å². The minimum absolute atomic E-state index is 0.105. The molecule has 116 valence electrons. The van der Waals surface area contributed by atoms with E-state index in [2.05, 4.69) is 47.1 Å². The molecule has 4 N–H and O–H groups in total. The van der Waals surface area contributed by atoms with E-state index in [4.69, 9.17) is 5.73 Å². The maximum Gasteiger partial charge on any atom is 0.253 e. The van der Waals surface area contributed by atoms with Crippen LogP contribution in [0.5, 0.6) is 0 Å². The molecular formula is C13H12Br2N4O2S. The molecule has 22 heavy (non-hydrogen) atoms. The van der Waals surface area contributed by atoms with Crippen LogP contribution in [0.4, 0.5) is 11.5 Å². The maximum atomic E-state index is 12.0. The number of carbonyl (C=O) groups is 1. The van der Waals surface area contributed by atoms with Gasteiger partial charge in [0.2, 0.25) is 5.91 Å². The second kappa shape index (κ2) is 7.30. The van der Waals surface area contributed by atoms with Crippen molar-refractivity contribution in [3.63, 3.8) is 0 Å². The Morgan fingerprint density at radius 2 is 2.14 bits per heavy atom. The summed E-state index contributed by atoms with van der Waals surface area (Å²) in [5, 5.41) is 3.14. The highest BCUT2D eigenvalue weighted by atomic mass is 79.9. The average Bonchev–Trinajstić information content (AvgIpc) is 2.39. The fourth-order valence-electron chi connectivity index (χ4n) is 1.69. The number of nitrogens with one attached hydrogen (secondary N) is 2. The van der Waals surface area contributed by atoms with E-state index in [0.717, 1.165) is 26.3 Å². The number of rotatable bonds is 4. The zero-order valence-corrected chi connectivity index (χ0v) is 15.4. The van der Waals surface area contributed by atoms with Gasteiger partial charge in [0, 0.05) is 15.0 Å². The lowest BCUT2D eigenvalue weighted by atomic mass is 10.2. The Labute approximate surface area is 147 Å². The summed E-state index contributed by atoms with van der Waals surface area (Å²) in [4.78, 5) is 29.8. The van der Waals surface area contributed by atoms with Gasteiger partial charge in [0.25, 0.3) is 5.56 Å². The van der Waals surface area contributed by atoms with E-state index in [-0.39, 0.29) is 23.0 Å². The normalized spacial score (nSPS) is 10.5. The summed E-state index contributed by atoms with van der Waals surface area (Å²) in [5.41, 5.74) is 6.78. The van der Waals surface area contributed by atoms with E-state index < -0.39 is 0 Å². The van der Waals surface area contributed by atoms with Crippen molar-refractivity contribution in [1.82, 2.24) is 9.97 Å². The lowest BCUT2D eigenvalue weighted by Gasteiger charge is -2.11. The molecule has 6 nitrogen and oxygen atoms in total. The van der Waals surface area contributed by atoms with Crippen LogP contribution in [0.25, 0.3) is 0 Å². The topological polar surface area (TPSA) is 101 Å². The smallest absolute Gasteiger partial charge is 0.253 e. The molecule has 0 saturated carbocycles. The standard InChI is InChI=1S/C13H12Br2N4O2S/c1-6-2-7(14)3-8(15)12(6)18-11(21)5-22-13-17-9(16)4-10(20)19-13/h2-4H,5H2,1H3,(H,18,21)(H3,16,17,19,20). The molecule has 1 aromatic heterocycles. The quantitative estimate of drug-likeness (QED) is 0.494. The van der Waals surface area contributed by atoms with E-state index >= 15 is 0 Å². The molecule has 0 spiro atoms. The largest absolute Gasteiger partial charge is 0.383 e. The summed E-state index contributed by atoms with van der Waals surface area (Å²) in [6.45, 7) is 1.90.